The Bertz CT molecular complexity index is 1360. The van der Waals surface area contributed by atoms with Crippen molar-refractivity contribution >= 4 is 11.5 Å². The molecule has 1 N–H and O–H groups in total. The Kier molecular flexibility index (Phi) is 4.39. The third-order valence-corrected chi connectivity index (χ3v) is 7.33. The zero-order chi connectivity index (χ0) is 22.9. The van der Waals surface area contributed by atoms with Gasteiger partial charge in [0.15, 0.2) is 5.65 Å². The van der Waals surface area contributed by atoms with Gasteiger partial charge in [-0.25, -0.2) is 9.37 Å². The SMILES string of the molecule is Cc1cc(-c2cc3nc(C)c(C)c(N4[C@@H]5CC[C@H]4CC(O)(c4ccccc4F)C5)n3n2)no1. The normalized spacial score (nSPS) is 24.7. The molecular weight excluding hydrogens is 421 g/mol. The van der Waals surface area contributed by atoms with E-state index in [0.29, 0.717) is 29.8 Å². The van der Waals surface area contributed by atoms with E-state index < -0.39 is 5.60 Å². The van der Waals surface area contributed by atoms with E-state index in [0.717, 1.165) is 41.3 Å². The molecule has 3 aromatic heterocycles. The van der Waals surface area contributed by atoms with E-state index in [1.807, 2.05) is 30.5 Å². The highest BCUT2D eigenvalue weighted by Crippen LogP contribution is 2.48. The van der Waals surface area contributed by atoms with Crippen LogP contribution in [0, 0.1) is 26.6 Å². The number of aryl methyl sites for hydroxylation is 2. The molecule has 2 saturated heterocycles. The molecule has 4 aromatic rings. The van der Waals surface area contributed by atoms with E-state index in [1.54, 1.807) is 18.2 Å². The zero-order valence-corrected chi connectivity index (χ0v) is 18.9. The number of hydrogen-bond donors (Lipinski definition) is 1. The molecule has 2 fully saturated rings. The molecule has 0 saturated carbocycles. The zero-order valence-electron chi connectivity index (χ0n) is 18.9. The molecule has 2 aliphatic heterocycles. The number of aromatic nitrogens is 4. The Morgan fingerprint density at radius 1 is 1.06 bits per heavy atom. The van der Waals surface area contributed by atoms with Crippen molar-refractivity contribution in [3.05, 3.63) is 64.8 Å². The lowest BCUT2D eigenvalue weighted by molar-refractivity contribution is -0.00635. The van der Waals surface area contributed by atoms with Crippen LogP contribution in [0.4, 0.5) is 10.2 Å². The molecule has 0 spiro atoms. The number of hydrogen-bond acceptors (Lipinski definition) is 6. The van der Waals surface area contributed by atoms with Crippen molar-refractivity contribution in [2.24, 2.45) is 0 Å². The maximum absolute atomic E-state index is 14.6. The van der Waals surface area contributed by atoms with Gasteiger partial charge in [0.2, 0.25) is 0 Å². The van der Waals surface area contributed by atoms with Crippen molar-refractivity contribution in [1.29, 1.82) is 0 Å². The second-order valence-corrected chi connectivity index (χ2v) is 9.48. The molecule has 3 atom stereocenters. The largest absolute Gasteiger partial charge is 0.385 e. The summed E-state index contributed by atoms with van der Waals surface area (Å²) < 4.78 is 21.7. The fourth-order valence-corrected chi connectivity index (χ4v) is 5.73. The number of aliphatic hydroxyl groups is 1. The molecule has 0 radical (unpaired) electrons. The molecule has 8 heteroatoms. The number of rotatable bonds is 3. The van der Waals surface area contributed by atoms with Gasteiger partial charge in [0.1, 0.15) is 28.8 Å². The summed E-state index contributed by atoms with van der Waals surface area (Å²) in [5, 5.41) is 20.5. The highest BCUT2D eigenvalue weighted by atomic mass is 19.1. The van der Waals surface area contributed by atoms with Crippen molar-refractivity contribution in [2.75, 3.05) is 4.90 Å². The van der Waals surface area contributed by atoms with Gasteiger partial charge in [-0.05, 0) is 39.7 Å². The molecule has 170 valence electrons. The molecule has 6 rings (SSSR count). The number of nitrogens with zero attached hydrogens (tertiary/aromatic N) is 5. The van der Waals surface area contributed by atoms with Crippen molar-refractivity contribution in [3.8, 4) is 11.4 Å². The van der Waals surface area contributed by atoms with Gasteiger partial charge >= 0.3 is 0 Å². The first-order valence-electron chi connectivity index (χ1n) is 11.4. The van der Waals surface area contributed by atoms with Crippen LogP contribution in [-0.4, -0.2) is 36.9 Å². The minimum atomic E-state index is -1.17. The van der Waals surface area contributed by atoms with Crippen LogP contribution in [0.15, 0.2) is 40.9 Å². The summed E-state index contributed by atoms with van der Waals surface area (Å²) in [6.07, 6.45) is 2.84. The Morgan fingerprint density at radius 2 is 1.79 bits per heavy atom. The van der Waals surface area contributed by atoms with Gasteiger partial charge in [-0.3, -0.25) is 0 Å². The van der Waals surface area contributed by atoms with E-state index in [2.05, 4.69) is 17.0 Å². The van der Waals surface area contributed by atoms with E-state index in [-0.39, 0.29) is 17.9 Å². The van der Waals surface area contributed by atoms with E-state index >= 15 is 0 Å². The summed E-state index contributed by atoms with van der Waals surface area (Å²) in [6, 6.07) is 10.6. The van der Waals surface area contributed by atoms with Crippen molar-refractivity contribution in [1.82, 2.24) is 19.8 Å². The lowest BCUT2D eigenvalue weighted by Crippen LogP contribution is -2.51. The van der Waals surface area contributed by atoms with E-state index in [4.69, 9.17) is 14.6 Å². The van der Waals surface area contributed by atoms with Crippen LogP contribution in [0.1, 0.15) is 48.3 Å². The molecule has 1 aromatic carbocycles. The highest BCUT2D eigenvalue weighted by Gasteiger charge is 2.50. The van der Waals surface area contributed by atoms with Crippen LogP contribution >= 0.6 is 0 Å². The molecule has 5 heterocycles. The monoisotopic (exact) mass is 447 g/mol. The predicted octanol–water partition coefficient (Wildman–Crippen LogP) is 4.47. The summed E-state index contributed by atoms with van der Waals surface area (Å²) in [4.78, 5) is 7.14. The molecular formula is C25H26FN5O2. The Labute approximate surface area is 190 Å². The minimum absolute atomic E-state index is 0.0824. The van der Waals surface area contributed by atoms with Gasteiger partial charge in [-0.1, -0.05) is 23.4 Å². The summed E-state index contributed by atoms with van der Waals surface area (Å²) in [5.74, 6) is 1.38. The first kappa shape index (κ1) is 20.4. The van der Waals surface area contributed by atoms with Gasteiger partial charge in [0.05, 0.1) is 5.60 Å². The van der Waals surface area contributed by atoms with Crippen LogP contribution in [0.2, 0.25) is 0 Å². The van der Waals surface area contributed by atoms with Gasteiger partial charge in [0, 0.05) is 53.9 Å². The maximum atomic E-state index is 14.6. The Hall–Kier alpha value is -3.26. The van der Waals surface area contributed by atoms with Crippen LogP contribution in [0.3, 0.4) is 0 Å². The van der Waals surface area contributed by atoms with Gasteiger partial charge in [-0.2, -0.15) is 9.61 Å². The second-order valence-electron chi connectivity index (χ2n) is 9.48. The number of anilines is 1. The minimum Gasteiger partial charge on any atom is -0.385 e. The van der Waals surface area contributed by atoms with Crippen LogP contribution in [0.5, 0.6) is 0 Å². The smallest absolute Gasteiger partial charge is 0.158 e. The third-order valence-electron chi connectivity index (χ3n) is 7.33. The molecule has 2 bridgehead atoms. The van der Waals surface area contributed by atoms with E-state index in [9.17, 15) is 9.50 Å². The highest BCUT2D eigenvalue weighted by molar-refractivity contribution is 5.65. The predicted molar refractivity (Wildman–Crippen MR) is 122 cm³/mol. The summed E-state index contributed by atoms with van der Waals surface area (Å²) in [6.45, 7) is 5.93. The fraction of sp³-hybridized carbons (Fsp3) is 0.400. The summed E-state index contributed by atoms with van der Waals surface area (Å²) in [7, 11) is 0. The molecule has 0 aliphatic carbocycles. The second kappa shape index (κ2) is 7.12. The van der Waals surface area contributed by atoms with Crippen LogP contribution in [0.25, 0.3) is 17.0 Å². The number of fused-ring (bicyclic) bond motifs is 3. The lowest BCUT2D eigenvalue weighted by atomic mass is 9.80. The van der Waals surface area contributed by atoms with Crippen molar-refractivity contribution < 1.29 is 14.0 Å². The van der Waals surface area contributed by atoms with Gasteiger partial charge < -0.3 is 14.5 Å². The molecule has 1 unspecified atom stereocenters. The third kappa shape index (κ3) is 3.08. The average Bonchev–Trinajstić information content (AvgIpc) is 3.46. The number of piperidine rings is 1. The molecule has 2 aliphatic rings. The maximum Gasteiger partial charge on any atom is 0.158 e. The first-order chi connectivity index (χ1) is 15.8. The van der Waals surface area contributed by atoms with E-state index in [1.165, 1.54) is 6.07 Å². The molecule has 33 heavy (non-hydrogen) atoms. The topological polar surface area (TPSA) is 79.7 Å². The average molecular weight is 448 g/mol. The van der Waals surface area contributed by atoms with Crippen molar-refractivity contribution in [2.45, 2.75) is 64.1 Å². The summed E-state index contributed by atoms with van der Waals surface area (Å²) >= 11 is 0. The first-order valence-corrected chi connectivity index (χ1v) is 11.4. The molecule has 0 amide bonds. The standard InChI is InChI=1S/C25H26FN5O2/c1-14-10-22(29-33-14)21-11-23-27-16(3)15(2)24(31(23)28-21)30-17-8-9-18(30)13-25(32,12-17)19-6-4-5-7-20(19)26/h4-7,10-11,17-18,32H,8-9,12-13H2,1-3H3/t17-,18+,25?. The Morgan fingerprint density at radius 3 is 2.45 bits per heavy atom. The summed E-state index contributed by atoms with van der Waals surface area (Å²) in [5.41, 5.74) is 3.36. The van der Waals surface area contributed by atoms with Crippen molar-refractivity contribution in [3.63, 3.8) is 0 Å². The number of benzene rings is 1. The fourth-order valence-electron chi connectivity index (χ4n) is 5.73. The quantitative estimate of drug-likeness (QED) is 0.499. The van der Waals surface area contributed by atoms with Crippen LogP contribution < -0.4 is 4.90 Å². The number of halogens is 1. The Balaban J connectivity index is 1.44. The van der Waals surface area contributed by atoms with Gasteiger partial charge in [0.25, 0.3) is 0 Å². The molecule has 7 nitrogen and oxygen atoms in total. The van der Waals surface area contributed by atoms with Crippen LogP contribution in [-0.2, 0) is 5.60 Å². The van der Waals surface area contributed by atoms with Gasteiger partial charge in [-0.15, -0.1) is 0 Å². The lowest BCUT2D eigenvalue weighted by Gasteiger charge is -2.45.